The number of carbonyl (C=O) groups excluding carboxylic acids is 3. The van der Waals surface area contributed by atoms with Crippen LogP contribution in [0.1, 0.15) is 18.7 Å². The molecule has 0 aliphatic carbocycles. The van der Waals surface area contributed by atoms with Crippen LogP contribution in [0, 0.1) is 11.8 Å². The predicted octanol–water partition coefficient (Wildman–Crippen LogP) is 1.66. The largest absolute Gasteiger partial charge is 0.468 e. The molecular weight excluding hydrogens is 336 g/mol. The zero-order valence-electron chi connectivity index (χ0n) is 14.3. The Bertz CT molecular complexity index is 863. The van der Waals surface area contributed by atoms with Crippen LogP contribution in [0.15, 0.2) is 53.1 Å². The summed E-state index contributed by atoms with van der Waals surface area (Å²) >= 11 is 0. The molecule has 2 aliphatic rings. The fourth-order valence-electron chi connectivity index (χ4n) is 4.08. The number of esters is 1. The van der Waals surface area contributed by atoms with Crippen molar-refractivity contribution in [3.05, 3.63) is 54.5 Å². The number of nitrogens with zero attached hydrogens (tertiary/aromatic N) is 1. The zero-order valence-corrected chi connectivity index (χ0v) is 14.3. The van der Waals surface area contributed by atoms with Crippen molar-refractivity contribution in [2.45, 2.75) is 18.5 Å². The van der Waals surface area contributed by atoms with Gasteiger partial charge in [-0.1, -0.05) is 18.2 Å². The van der Waals surface area contributed by atoms with E-state index in [0.29, 0.717) is 11.4 Å². The first-order valence-electron chi connectivity index (χ1n) is 8.31. The number of ether oxygens (including phenoxy) is 1. The number of nitrogens with one attached hydrogen (secondary N) is 1. The first-order valence-corrected chi connectivity index (χ1v) is 8.31. The van der Waals surface area contributed by atoms with Crippen LogP contribution in [0.3, 0.4) is 0 Å². The highest BCUT2D eigenvalue weighted by Crippen LogP contribution is 2.49. The molecule has 0 saturated carbocycles. The summed E-state index contributed by atoms with van der Waals surface area (Å²) in [6, 6.07) is 11.5. The number of methoxy groups -OCH3 is 1. The van der Waals surface area contributed by atoms with E-state index in [-0.39, 0.29) is 5.91 Å². The molecule has 2 aromatic rings. The van der Waals surface area contributed by atoms with Gasteiger partial charge < -0.3 is 9.15 Å². The van der Waals surface area contributed by atoms with Crippen molar-refractivity contribution in [1.82, 2.24) is 5.32 Å². The Hall–Kier alpha value is -2.93. The van der Waals surface area contributed by atoms with Gasteiger partial charge in [0.25, 0.3) is 0 Å². The number of anilines is 1. The maximum absolute atomic E-state index is 13.2. The van der Waals surface area contributed by atoms with Crippen LogP contribution < -0.4 is 10.2 Å². The Balaban J connectivity index is 1.83. The highest BCUT2D eigenvalue weighted by Gasteiger charge is 2.67. The fraction of sp³-hybridized carbons (Fsp3) is 0.316. The number of imide groups is 1. The summed E-state index contributed by atoms with van der Waals surface area (Å²) in [7, 11) is 1.26. The Labute approximate surface area is 149 Å². The van der Waals surface area contributed by atoms with Crippen LogP contribution >= 0.6 is 0 Å². The van der Waals surface area contributed by atoms with Crippen LogP contribution in [0.25, 0.3) is 0 Å². The van der Waals surface area contributed by atoms with Gasteiger partial charge in [-0.2, -0.15) is 0 Å². The number of rotatable bonds is 3. The van der Waals surface area contributed by atoms with Gasteiger partial charge in [0.1, 0.15) is 11.3 Å². The molecule has 0 radical (unpaired) electrons. The smallest absolute Gasteiger partial charge is 0.326 e. The van der Waals surface area contributed by atoms with E-state index >= 15 is 0 Å². The molecule has 1 N–H and O–H groups in total. The average molecular weight is 354 g/mol. The molecule has 7 heteroatoms. The van der Waals surface area contributed by atoms with E-state index in [2.05, 4.69) is 5.32 Å². The lowest BCUT2D eigenvalue weighted by Gasteiger charge is -2.28. The highest BCUT2D eigenvalue weighted by atomic mass is 16.5. The average Bonchev–Trinajstić information content (AvgIpc) is 3.33. The molecule has 2 fully saturated rings. The van der Waals surface area contributed by atoms with Crippen LogP contribution in [0.2, 0.25) is 0 Å². The number of para-hydroxylation sites is 1. The molecule has 134 valence electrons. The minimum atomic E-state index is -1.33. The van der Waals surface area contributed by atoms with E-state index in [1.807, 2.05) is 0 Å². The standard InChI is InChI=1S/C19H18N2O5/c1-19(18(24)25-2)14-13(15(20-19)12-9-6-10-26-12)16(22)21(17(14)23)11-7-4-3-5-8-11/h3-10,13-15,20H,1-2H3/t13-,14+,15-,19-/m1/s1. The molecule has 1 aromatic heterocycles. The molecule has 26 heavy (non-hydrogen) atoms. The van der Waals surface area contributed by atoms with E-state index < -0.39 is 35.3 Å². The Morgan fingerprint density at radius 2 is 1.88 bits per heavy atom. The molecule has 4 rings (SSSR count). The third-order valence-corrected chi connectivity index (χ3v) is 5.26. The van der Waals surface area contributed by atoms with E-state index in [0.717, 1.165) is 4.90 Å². The zero-order chi connectivity index (χ0) is 18.5. The number of hydrogen-bond donors (Lipinski definition) is 1. The molecule has 2 amide bonds. The fourth-order valence-corrected chi connectivity index (χ4v) is 4.08. The van der Waals surface area contributed by atoms with Crippen LogP contribution in [0.5, 0.6) is 0 Å². The van der Waals surface area contributed by atoms with Crippen molar-refractivity contribution in [2.75, 3.05) is 12.0 Å². The highest BCUT2D eigenvalue weighted by molar-refractivity contribution is 6.24. The summed E-state index contributed by atoms with van der Waals surface area (Å²) in [5.41, 5.74) is -0.838. The second-order valence-electron chi connectivity index (χ2n) is 6.68. The molecule has 0 unspecified atom stereocenters. The lowest BCUT2D eigenvalue weighted by atomic mass is 9.81. The van der Waals surface area contributed by atoms with E-state index in [1.54, 1.807) is 49.4 Å². The Kier molecular flexibility index (Phi) is 3.69. The van der Waals surface area contributed by atoms with Gasteiger partial charge in [-0.15, -0.1) is 0 Å². The number of furan rings is 1. The summed E-state index contributed by atoms with van der Waals surface area (Å²) in [4.78, 5) is 40.0. The summed E-state index contributed by atoms with van der Waals surface area (Å²) in [5, 5.41) is 3.12. The minimum absolute atomic E-state index is 0.354. The van der Waals surface area contributed by atoms with Crippen molar-refractivity contribution >= 4 is 23.5 Å². The van der Waals surface area contributed by atoms with Crippen molar-refractivity contribution in [2.24, 2.45) is 11.8 Å². The molecule has 0 bridgehead atoms. The normalized spacial score (nSPS) is 30.5. The number of amides is 2. The van der Waals surface area contributed by atoms with Gasteiger partial charge in [0, 0.05) is 0 Å². The number of carbonyl (C=O) groups is 3. The molecule has 2 saturated heterocycles. The van der Waals surface area contributed by atoms with E-state index in [1.165, 1.54) is 13.4 Å². The van der Waals surface area contributed by atoms with Gasteiger partial charge >= 0.3 is 5.97 Å². The van der Waals surface area contributed by atoms with E-state index in [4.69, 9.17) is 9.15 Å². The van der Waals surface area contributed by atoms with Crippen molar-refractivity contribution in [3.63, 3.8) is 0 Å². The summed E-state index contributed by atoms with van der Waals surface area (Å²) in [5.74, 6) is -2.48. The molecular formula is C19H18N2O5. The second kappa shape index (κ2) is 5.81. The minimum Gasteiger partial charge on any atom is -0.468 e. The second-order valence-corrected chi connectivity index (χ2v) is 6.68. The number of fused-ring (bicyclic) bond motifs is 1. The van der Waals surface area contributed by atoms with Crippen LogP contribution in [-0.2, 0) is 19.1 Å². The number of benzene rings is 1. The molecule has 1 aromatic carbocycles. The van der Waals surface area contributed by atoms with Gasteiger partial charge in [0.2, 0.25) is 11.8 Å². The van der Waals surface area contributed by atoms with Gasteiger partial charge in [-0.25, -0.2) is 4.90 Å². The molecule has 3 heterocycles. The van der Waals surface area contributed by atoms with Gasteiger partial charge in [0.15, 0.2) is 0 Å². The van der Waals surface area contributed by atoms with Crippen molar-refractivity contribution in [1.29, 1.82) is 0 Å². The van der Waals surface area contributed by atoms with Crippen molar-refractivity contribution in [3.8, 4) is 0 Å². The lowest BCUT2D eigenvalue weighted by molar-refractivity contribution is -0.151. The third kappa shape index (κ3) is 2.13. The maximum Gasteiger partial charge on any atom is 0.326 e. The van der Waals surface area contributed by atoms with E-state index in [9.17, 15) is 14.4 Å². The maximum atomic E-state index is 13.2. The first kappa shape index (κ1) is 16.5. The Morgan fingerprint density at radius 1 is 1.15 bits per heavy atom. The quantitative estimate of drug-likeness (QED) is 0.666. The number of hydrogen-bond acceptors (Lipinski definition) is 6. The SMILES string of the molecule is COC(=O)[C@]1(C)N[C@H](c2ccco2)[C@@H]2C(=O)N(c3ccccc3)C(=O)[C@H]21. The van der Waals surface area contributed by atoms with Crippen LogP contribution in [-0.4, -0.2) is 30.4 Å². The van der Waals surface area contributed by atoms with Gasteiger partial charge in [0.05, 0.1) is 36.9 Å². The predicted molar refractivity (Wildman–Crippen MR) is 90.9 cm³/mol. The van der Waals surface area contributed by atoms with Gasteiger partial charge in [-0.3, -0.25) is 19.7 Å². The molecule has 4 atom stereocenters. The lowest BCUT2D eigenvalue weighted by Crippen LogP contribution is -2.54. The van der Waals surface area contributed by atoms with Crippen LogP contribution in [0.4, 0.5) is 5.69 Å². The Morgan fingerprint density at radius 3 is 2.50 bits per heavy atom. The van der Waals surface area contributed by atoms with Crippen molar-refractivity contribution < 1.29 is 23.5 Å². The molecule has 0 spiro atoms. The summed E-state index contributed by atoms with van der Waals surface area (Å²) in [6.45, 7) is 1.60. The molecule has 2 aliphatic heterocycles. The molecule has 7 nitrogen and oxygen atoms in total. The summed E-state index contributed by atoms with van der Waals surface area (Å²) in [6.07, 6.45) is 1.50. The topological polar surface area (TPSA) is 88.8 Å². The van der Waals surface area contributed by atoms with Gasteiger partial charge in [-0.05, 0) is 31.2 Å². The third-order valence-electron chi connectivity index (χ3n) is 5.26. The monoisotopic (exact) mass is 354 g/mol. The summed E-state index contributed by atoms with van der Waals surface area (Å²) < 4.78 is 10.4. The first-order chi connectivity index (χ1) is 12.5.